The molecule has 10 heteroatoms. The van der Waals surface area contributed by atoms with E-state index in [2.05, 4.69) is 9.88 Å². The molecule has 1 aromatic carbocycles. The van der Waals surface area contributed by atoms with Gasteiger partial charge in [-0.15, -0.1) is 0 Å². The Hall–Kier alpha value is -3.40. The summed E-state index contributed by atoms with van der Waals surface area (Å²) in [5.74, 6) is 0.780. The second-order valence-electron chi connectivity index (χ2n) is 7.63. The first-order valence-electron chi connectivity index (χ1n) is 10.2. The molecule has 0 aliphatic carbocycles. The summed E-state index contributed by atoms with van der Waals surface area (Å²) in [5, 5.41) is 0. The van der Waals surface area contributed by atoms with Crippen LogP contribution in [0.3, 0.4) is 0 Å². The molecule has 1 aliphatic heterocycles. The fourth-order valence-corrected chi connectivity index (χ4v) is 3.79. The van der Waals surface area contributed by atoms with Crippen LogP contribution in [-0.4, -0.2) is 73.7 Å². The predicted molar refractivity (Wildman–Crippen MR) is 115 cm³/mol. The minimum Gasteiger partial charge on any atom is -0.492 e. The molecule has 0 spiro atoms. The number of fused-ring (bicyclic) bond motifs is 1. The monoisotopic (exact) mass is 426 g/mol. The van der Waals surface area contributed by atoms with Gasteiger partial charge in [-0.25, -0.2) is 9.78 Å². The van der Waals surface area contributed by atoms with Crippen LogP contribution in [0.15, 0.2) is 46.2 Å². The van der Waals surface area contributed by atoms with Gasteiger partial charge >= 0.3 is 5.69 Å². The maximum Gasteiger partial charge on any atom is 0.332 e. The van der Waals surface area contributed by atoms with Gasteiger partial charge in [0.2, 0.25) is 5.91 Å². The van der Waals surface area contributed by atoms with Gasteiger partial charge in [-0.05, 0) is 12.1 Å². The van der Waals surface area contributed by atoms with Crippen LogP contribution in [0.2, 0.25) is 0 Å². The summed E-state index contributed by atoms with van der Waals surface area (Å²) in [5.41, 5.74) is -0.355. The molecule has 0 atom stereocenters. The number of hydrogen-bond acceptors (Lipinski definition) is 6. The first kappa shape index (κ1) is 20.9. The highest BCUT2D eigenvalue weighted by Gasteiger charge is 2.23. The molecule has 2 aromatic heterocycles. The number of rotatable bonds is 6. The first-order chi connectivity index (χ1) is 15.0. The molecule has 31 heavy (non-hydrogen) atoms. The summed E-state index contributed by atoms with van der Waals surface area (Å²) in [7, 11) is 2.98. The highest BCUT2D eigenvalue weighted by molar-refractivity contribution is 5.79. The van der Waals surface area contributed by atoms with Gasteiger partial charge in [0.05, 0.1) is 6.33 Å². The van der Waals surface area contributed by atoms with E-state index >= 15 is 0 Å². The van der Waals surface area contributed by atoms with Crippen LogP contribution in [0.25, 0.3) is 11.2 Å². The van der Waals surface area contributed by atoms with E-state index in [1.165, 1.54) is 22.5 Å². The Kier molecular flexibility index (Phi) is 5.90. The zero-order valence-electron chi connectivity index (χ0n) is 17.7. The number of nitrogens with zero attached hydrogens (tertiary/aromatic N) is 6. The second-order valence-corrected chi connectivity index (χ2v) is 7.63. The fourth-order valence-electron chi connectivity index (χ4n) is 3.79. The summed E-state index contributed by atoms with van der Waals surface area (Å²) in [4.78, 5) is 45.6. The summed E-state index contributed by atoms with van der Waals surface area (Å²) in [6.45, 7) is 4.19. The SMILES string of the molecule is Cn1c(=O)c2c(ncn2CC(=O)N2CCN(CCOc3ccccc3)CC2)n(C)c1=O. The van der Waals surface area contributed by atoms with Crippen molar-refractivity contribution < 1.29 is 9.53 Å². The van der Waals surface area contributed by atoms with Gasteiger partial charge in [0, 0.05) is 46.8 Å². The Balaban J connectivity index is 1.33. The average Bonchev–Trinajstić information content (AvgIpc) is 3.21. The zero-order valence-corrected chi connectivity index (χ0v) is 17.7. The van der Waals surface area contributed by atoms with Crippen molar-refractivity contribution in [2.24, 2.45) is 14.1 Å². The summed E-state index contributed by atoms with van der Waals surface area (Å²) < 4.78 is 9.61. The molecular weight excluding hydrogens is 400 g/mol. The number of para-hydroxylation sites is 1. The van der Waals surface area contributed by atoms with Crippen molar-refractivity contribution in [3.63, 3.8) is 0 Å². The Morgan fingerprint density at radius 2 is 1.74 bits per heavy atom. The second kappa shape index (κ2) is 8.76. The zero-order chi connectivity index (χ0) is 22.0. The van der Waals surface area contributed by atoms with Crippen LogP contribution >= 0.6 is 0 Å². The van der Waals surface area contributed by atoms with E-state index in [-0.39, 0.29) is 23.6 Å². The van der Waals surface area contributed by atoms with E-state index in [1.807, 2.05) is 30.3 Å². The van der Waals surface area contributed by atoms with E-state index in [0.717, 1.165) is 30.0 Å². The normalized spacial score (nSPS) is 14.8. The third kappa shape index (κ3) is 4.24. The lowest BCUT2D eigenvalue weighted by Gasteiger charge is -2.34. The Morgan fingerprint density at radius 3 is 2.45 bits per heavy atom. The molecule has 0 unspecified atom stereocenters. The maximum absolute atomic E-state index is 12.8. The standard InChI is InChI=1S/C21H26N6O4/c1-23-19-18(20(29)24(2)21(23)30)27(15-22-19)14-17(28)26-10-8-25(9-11-26)12-13-31-16-6-4-3-5-7-16/h3-7,15H,8-14H2,1-2H3. The average molecular weight is 426 g/mol. The summed E-state index contributed by atoms with van der Waals surface area (Å²) in [6, 6.07) is 9.70. The molecule has 0 bridgehead atoms. The largest absolute Gasteiger partial charge is 0.492 e. The molecule has 1 fully saturated rings. The van der Waals surface area contributed by atoms with Gasteiger partial charge in [-0.1, -0.05) is 18.2 Å². The van der Waals surface area contributed by atoms with Crippen molar-refractivity contribution in [1.29, 1.82) is 0 Å². The number of aryl methyl sites for hydroxylation is 1. The van der Waals surface area contributed by atoms with Crippen molar-refractivity contribution in [2.75, 3.05) is 39.3 Å². The lowest BCUT2D eigenvalue weighted by atomic mass is 10.3. The highest BCUT2D eigenvalue weighted by Crippen LogP contribution is 2.10. The van der Waals surface area contributed by atoms with E-state index in [4.69, 9.17) is 4.74 Å². The Bertz CT molecular complexity index is 1190. The molecule has 1 amide bonds. The smallest absolute Gasteiger partial charge is 0.332 e. The van der Waals surface area contributed by atoms with Crippen LogP contribution in [-0.2, 0) is 25.4 Å². The van der Waals surface area contributed by atoms with Crippen LogP contribution in [0, 0.1) is 0 Å². The molecule has 4 rings (SSSR count). The van der Waals surface area contributed by atoms with E-state index in [0.29, 0.717) is 19.7 Å². The van der Waals surface area contributed by atoms with E-state index < -0.39 is 11.2 Å². The molecule has 164 valence electrons. The quantitative estimate of drug-likeness (QED) is 0.535. The molecule has 0 saturated carbocycles. The first-order valence-corrected chi connectivity index (χ1v) is 10.2. The van der Waals surface area contributed by atoms with Crippen LogP contribution in [0.4, 0.5) is 0 Å². The third-order valence-electron chi connectivity index (χ3n) is 5.67. The predicted octanol–water partition coefficient (Wildman–Crippen LogP) is -0.343. The van der Waals surface area contributed by atoms with E-state index in [9.17, 15) is 14.4 Å². The van der Waals surface area contributed by atoms with Gasteiger partial charge < -0.3 is 14.2 Å². The molecule has 0 radical (unpaired) electrons. The molecule has 10 nitrogen and oxygen atoms in total. The van der Waals surface area contributed by atoms with Crippen LogP contribution in [0.5, 0.6) is 5.75 Å². The highest BCUT2D eigenvalue weighted by atomic mass is 16.5. The maximum atomic E-state index is 12.8. The number of carbonyl (C=O) groups excluding carboxylic acids is 1. The van der Waals surface area contributed by atoms with Crippen molar-refractivity contribution in [3.05, 3.63) is 57.5 Å². The number of carbonyl (C=O) groups is 1. The van der Waals surface area contributed by atoms with Gasteiger partial charge in [-0.2, -0.15) is 0 Å². The van der Waals surface area contributed by atoms with Gasteiger partial charge in [-0.3, -0.25) is 23.6 Å². The van der Waals surface area contributed by atoms with Crippen molar-refractivity contribution in [3.8, 4) is 5.75 Å². The molecular formula is C21H26N6O4. The van der Waals surface area contributed by atoms with Crippen molar-refractivity contribution in [2.45, 2.75) is 6.54 Å². The van der Waals surface area contributed by atoms with Gasteiger partial charge in [0.1, 0.15) is 18.9 Å². The van der Waals surface area contributed by atoms with Crippen LogP contribution < -0.4 is 16.0 Å². The number of aromatic nitrogens is 4. The van der Waals surface area contributed by atoms with Crippen molar-refractivity contribution in [1.82, 2.24) is 28.5 Å². The third-order valence-corrected chi connectivity index (χ3v) is 5.67. The minimum absolute atomic E-state index is 0.0149. The molecule has 1 saturated heterocycles. The number of piperazine rings is 1. The molecule has 3 heterocycles. The number of benzene rings is 1. The topological polar surface area (TPSA) is 94.6 Å². The number of hydrogen-bond donors (Lipinski definition) is 0. The molecule has 3 aromatic rings. The van der Waals surface area contributed by atoms with Gasteiger partial charge in [0.25, 0.3) is 5.56 Å². The van der Waals surface area contributed by atoms with Crippen LogP contribution in [0.1, 0.15) is 0 Å². The Labute approximate surface area is 178 Å². The lowest BCUT2D eigenvalue weighted by molar-refractivity contribution is -0.133. The fraction of sp³-hybridized carbons (Fsp3) is 0.429. The molecule has 0 N–H and O–H groups in total. The lowest BCUT2D eigenvalue weighted by Crippen LogP contribution is -2.50. The van der Waals surface area contributed by atoms with Gasteiger partial charge in [0.15, 0.2) is 11.2 Å². The number of imidazole rings is 1. The number of amides is 1. The summed E-state index contributed by atoms with van der Waals surface area (Å²) >= 11 is 0. The molecule has 1 aliphatic rings. The number of ether oxygens (including phenoxy) is 1. The summed E-state index contributed by atoms with van der Waals surface area (Å²) in [6.07, 6.45) is 1.45. The minimum atomic E-state index is -0.452. The van der Waals surface area contributed by atoms with E-state index in [1.54, 1.807) is 11.9 Å². The van der Waals surface area contributed by atoms with Crippen molar-refractivity contribution >= 4 is 17.1 Å². The Morgan fingerprint density at radius 1 is 1.03 bits per heavy atom.